The summed E-state index contributed by atoms with van der Waals surface area (Å²) < 4.78 is 0. The summed E-state index contributed by atoms with van der Waals surface area (Å²) in [5.74, 6) is 0. The molecular formula is C7H12O. The van der Waals surface area contributed by atoms with Crippen molar-refractivity contribution in [3.63, 3.8) is 0 Å². The average Bonchev–Trinajstić information content (AvgIpc) is 2.14. The average molecular weight is 112 g/mol. The van der Waals surface area contributed by atoms with Crippen molar-refractivity contribution in [1.82, 2.24) is 0 Å². The highest BCUT2D eigenvalue weighted by molar-refractivity contribution is 5.10. The van der Waals surface area contributed by atoms with Gasteiger partial charge in [-0.2, -0.15) is 0 Å². The first-order valence-electron chi connectivity index (χ1n) is 3.17. The van der Waals surface area contributed by atoms with Gasteiger partial charge in [0.2, 0.25) is 0 Å². The van der Waals surface area contributed by atoms with Crippen LogP contribution in [-0.2, 0) is 0 Å². The van der Waals surface area contributed by atoms with Gasteiger partial charge in [0.05, 0.1) is 6.10 Å². The normalized spacial score (nSPS) is 34.2. The highest BCUT2D eigenvalue weighted by Gasteiger charge is 2.15. The minimum atomic E-state index is -0.111. The Kier molecular flexibility index (Phi) is 1.69. The van der Waals surface area contributed by atoms with E-state index in [0.717, 1.165) is 12.8 Å². The van der Waals surface area contributed by atoms with E-state index in [0.29, 0.717) is 0 Å². The van der Waals surface area contributed by atoms with Gasteiger partial charge in [-0.05, 0) is 31.8 Å². The van der Waals surface area contributed by atoms with E-state index in [1.807, 2.05) is 13.0 Å². The Labute approximate surface area is 50.0 Å². The number of aliphatic hydroxyl groups is 1. The third-order valence-electron chi connectivity index (χ3n) is 1.74. The number of hydrogen-bond acceptors (Lipinski definition) is 1. The van der Waals surface area contributed by atoms with E-state index in [-0.39, 0.29) is 6.10 Å². The summed E-state index contributed by atoms with van der Waals surface area (Å²) in [4.78, 5) is 0. The van der Waals surface area contributed by atoms with E-state index in [4.69, 9.17) is 5.11 Å². The lowest BCUT2D eigenvalue weighted by Gasteiger charge is -1.99. The second kappa shape index (κ2) is 2.31. The quantitative estimate of drug-likeness (QED) is 0.470. The van der Waals surface area contributed by atoms with Gasteiger partial charge in [0.25, 0.3) is 0 Å². The van der Waals surface area contributed by atoms with Crippen molar-refractivity contribution in [2.45, 2.75) is 32.3 Å². The zero-order valence-corrected chi connectivity index (χ0v) is 5.22. The molecule has 1 nitrogen and oxygen atoms in total. The molecule has 1 saturated carbocycles. The minimum Gasteiger partial charge on any atom is -0.389 e. The number of aliphatic hydroxyl groups excluding tert-OH is 1. The SMILES string of the molecule is C/C=C1/CCC[C@H]1O. The summed E-state index contributed by atoms with van der Waals surface area (Å²) in [6.07, 6.45) is 5.16. The van der Waals surface area contributed by atoms with Gasteiger partial charge in [0.15, 0.2) is 0 Å². The van der Waals surface area contributed by atoms with Crippen LogP contribution < -0.4 is 0 Å². The van der Waals surface area contributed by atoms with Crippen LogP contribution in [0.25, 0.3) is 0 Å². The van der Waals surface area contributed by atoms with E-state index in [1.54, 1.807) is 0 Å². The fourth-order valence-electron chi connectivity index (χ4n) is 1.19. The molecule has 1 aliphatic rings. The Morgan fingerprint density at radius 3 is 2.75 bits per heavy atom. The molecule has 0 radical (unpaired) electrons. The van der Waals surface area contributed by atoms with Crippen LogP contribution in [0.4, 0.5) is 0 Å². The van der Waals surface area contributed by atoms with Crippen LogP contribution in [0.3, 0.4) is 0 Å². The first-order valence-corrected chi connectivity index (χ1v) is 3.17. The van der Waals surface area contributed by atoms with Crippen LogP contribution >= 0.6 is 0 Å². The molecule has 8 heavy (non-hydrogen) atoms. The molecule has 0 bridgehead atoms. The second-order valence-electron chi connectivity index (χ2n) is 2.27. The Morgan fingerprint density at radius 1 is 1.75 bits per heavy atom. The van der Waals surface area contributed by atoms with Crippen LogP contribution in [0.2, 0.25) is 0 Å². The van der Waals surface area contributed by atoms with Crippen LogP contribution in [0.15, 0.2) is 11.6 Å². The molecule has 0 amide bonds. The first-order chi connectivity index (χ1) is 3.84. The highest BCUT2D eigenvalue weighted by atomic mass is 16.3. The fourth-order valence-corrected chi connectivity index (χ4v) is 1.19. The summed E-state index contributed by atoms with van der Waals surface area (Å²) in [5.41, 5.74) is 1.23. The second-order valence-corrected chi connectivity index (χ2v) is 2.27. The molecule has 0 saturated heterocycles. The smallest absolute Gasteiger partial charge is 0.0750 e. The maximum Gasteiger partial charge on any atom is 0.0750 e. The number of rotatable bonds is 0. The van der Waals surface area contributed by atoms with Gasteiger partial charge in [0, 0.05) is 0 Å². The van der Waals surface area contributed by atoms with E-state index in [2.05, 4.69) is 0 Å². The van der Waals surface area contributed by atoms with Crippen molar-refractivity contribution in [1.29, 1.82) is 0 Å². The maximum atomic E-state index is 9.12. The molecule has 1 N–H and O–H groups in total. The number of hydrogen-bond donors (Lipinski definition) is 1. The van der Waals surface area contributed by atoms with Crippen LogP contribution in [-0.4, -0.2) is 11.2 Å². The van der Waals surface area contributed by atoms with Crippen molar-refractivity contribution < 1.29 is 5.11 Å². The standard InChI is InChI=1S/C7H12O/c1-2-6-4-3-5-7(6)8/h2,7-8H,3-5H2,1H3/b6-2-/t7-/m1/s1. The monoisotopic (exact) mass is 112 g/mol. The van der Waals surface area contributed by atoms with E-state index < -0.39 is 0 Å². The molecule has 0 aliphatic heterocycles. The first kappa shape index (κ1) is 5.83. The fraction of sp³-hybridized carbons (Fsp3) is 0.714. The summed E-state index contributed by atoms with van der Waals surface area (Å²) in [6.45, 7) is 1.99. The van der Waals surface area contributed by atoms with Gasteiger partial charge >= 0.3 is 0 Å². The molecule has 0 aromatic rings. The topological polar surface area (TPSA) is 20.2 Å². The maximum absolute atomic E-state index is 9.12. The molecule has 0 aromatic heterocycles. The van der Waals surface area contributed by atoms with E-state index >= 15 is 0 Å². The predicted octanol–water partition coefficient (Wildman–Crippen LogP) is 1.48. The third kappa shape index (κ3) is 0.920. The van der Waals surface area contributed by atoms with Crippen molar-refractivity contribution in [3.8, 4) is 0 Å². The zero-order valence-electron chi connectivity index (χ0n) is 5.22. The van der Waals surface area contributed by atoms with Gasteiger partial charge in [-0.1, -0.05) is 6.08 Å². The largest absolute Gasteiger partial charge is 0.389 e. The van der Waals surface area contributed by atoms with Crippen LogP contribution in [0, 0.1) is 0 Å². The van der Waals surface area contributed by atoms with E-state index in [1.165, 1.54) is 12.0 Å². The Morgan fingerprint density at radius 2 is 2.50 bits per heavy atom. The molecule has 0 unspecified atom stereocenters. The molecular weight excluding hydrogens is 100 g/mol. The van der Waals surface area contributed by atoms with Crippen molar-refractivity contribution in [2.24, 2.45) is 0 Å². The summed E-state index contributed by atoms with van der Waals surface area (Å²) in [6, 6.07) is 0. The molecule has 1 atom stereocenters. The van der Waals surface area contributed by atoms with Crippen LogP contribution in [0.5, 0.6) is 0 Å². The highest BCUT2D eigenvalue weighted by Crippen LogP contribution is 2.23. The zero-order chi connectivity index (χ0) is 5.98. The lowest BCUT2D eigenvalue weighted by atomic mass is 10.2. The molecule has 1 heteroatoms. The molecule has 1 rings (SSSR count). The van der Waals surface area contributed by atoms with Crippen molar-refractivity contribution >= 4 is 0 Å². The molecule has 1 aliphatic carbocycles. The lowest BCUT2D eigenvalue weighted by Crippen LogP contribution is -1.99. The molecule has 1 fully saturated rings. The summed E-state index contributed by atoms with van der Waals surface area (Å²) >= 11 is 0. The molecule has 0 spiro atoms. The Bertz CT molecular complexity index is 105. The van der Waals surface area contributed by atoms with Crippen LogP contribution in [0.1, 0.15) is 26.2 Å². The van der Waals surface area contributed by atoms with Crippen molar-refractivity contribution in [2.75, 3.05) is 0 Å². The number of allylic oxidation sites excluding steroid dienone is 1. The summed E-state index contributed by atoms with van der Waals surface area (Å²) in [7, 11) is 0. The third-order valence-corrected chi connectivity index (χ3v) is 1.74. The van der Waals surface area contributed by atoms with Gasteiger partial charge in [0.1, 0.15) is 0 Å². The van der Waals surface area contributed by atoms with Gasteiger partial charge in [-0.15, -0.1) is 0 Å². The summed E-state index contributed by atoms with van der Waals surface area (Å²) in [5, 5.41) is 9.12. The molecule has 46 valence electrons. The van der Waals surface area contributed by atoms with Gasteiger partial charge in [-0.25, -0.2) is 0 Å². The Hall–Kier alpha value is -0.300. The van der Waals surface area contributed by atoms with Gasteiger partial charge in [-0.3, -0.25) is 0 Å². The molecule has 0 aromatic carbocycles. The predicted molar refractivity (Wildman–Crippen MR) is 33.6 cm³/mol. The molecule has 0 heterocycles. The van der Waals surface area contributed by atoms with E-state index in [9.17, 15) is 0 Å². The Balaban J connectivity index is 2.55. The minimum absolute atomic E-state index is 0.111. The van der Waals surface area contributed by atoms with Gasteiger partial charge < -0.3 is 5.11 Å². The lowest BCUT2D eigenvalue weighted by molar-refractivity contribution is 0.218. The van der Waals surface area contributed by atoms with Crippen molar-refractivity contribution in [3.05, 3.63) is 11.6 Å².